The van der Waals surface area contributed by atoms with Crippen LogP contribution < -0.4 is 4.72 Å². The van der Waals surface area contributed by atoms with Gasteiger partial charge in [-0.15, -0.1) is 0 Å². The Kier molecular flexibility index (Phi) is 7.08. The minimum Gasteiger partial charge on any atom is -0.395 e. The quantitative estimate of drug-likeness (QED) is 0.566. The number of hydrogen-bond donors (Lipinski definition) is 2. The molecule has 0 aliphatic carbocycles. The van der Waals surface area contributed by atoms with E-state index in [1.165, 1.54) is 0 Å². The molecule has 0 bridgehead atoms. The van der Waals surface area contributed by atoms with Crippen molar-refractivity contribution in [2.24, 2.45) is 0 Å². The van der Waals surface area contributed by atoms with E-state index in [2.05, 4.69) is 23.5 Å². The summed E-state index contributed by atoms with van der Waals surface area (Å²) in [6.45, 7) is 5.14. The van der Waals surface area contributed by atoms with Gasteiger partial charge in [-0.25, -0.2) is 13.1 Å². The van der Waals surface area contributed by atoms with Crippen LogP contribution in [-0.2, 0) is 10.0 Å². The van der Waals surface area contributed by atoms with Crippen molar-refractivity contribution in [2.75, 3.05) is 32.5 Å². The van der Waals surface area contributed by atoms with Crippen molar-refractivity contribution in [2.45, 2.75) is 26.3 Å². The van der Waals surface area contributed by atoms with Crippen LogP contribution >= 0.6 is 0 Å². The molecule has 5 nitrogen and oxygen atoms in total. The molecule has 15 heavy (non-hydrogen) atoms. The highest BCUT2D eigenvalue weighted by atomic mass is 32.2. The van der Waals surface area contributed by atoms with E-state index in [-0.39, 0.29) is 12.4 Å². The Labute approximate surface area is 92.5 Å². The van der Waals surface area contributed by atoms with Gasteiger partial charge in [0, 0.05) is 12.6 Å². The summed E-state index contributed by atoms with van der Waals surface area (Å²) in [5.41, 5.74) is 0. The first-order valence-corrected chi connectivity index (χ1v) is 6.82. The number of hydrogen-bond acceptors (Lipinski definition) is 4. The lowest BCUT2D eigenvalue weighted by atomic mass is 10.3. The highest BCUT2D eigenvalue weighted by molar-refractivity contribution is 7.89. The summed E-state index contributed by atoms with van der Waals surface area (Å²) in [6, 6.07) is 0.471. The smallest absolute Gasteiger partial charge is 0.213 e. The molecule has 0 heterocycles. The SMILES string of the molecule is CC(C)N(C)CCCNS(=O)(=O)CCO. The predicted octanol–water partition coefficient (Wildman–Crippen LogP) is -0.372. The largest absolute Gasteiger partial charge is 0.395 e. The van der Waals surface area contributed by atoms with Crippen LogP contribution in [0.2, 0.25) is 0 Å². The molecule has 0 saturated heterocycles. The fourth-order valence-electron chi connectivity index (χ4n) is 1.01. The number of nitrogens with zero attached hydrogens (tertiary/aromatic N) is 1. The lowest BCUT2D eigenvalue weighted by Gasteiger charge is -2.20. The average molecular weight is 238 g/mol. The van der Waals surface area contributed by atoms with Crippen LogP contribution in [0.3, 0.4) is 0 Å². The van der Waals surface area contributed by atoms with Crippen LogP contribution in [0, 0.1) is 0 Å². The maximum atomic E-state index is 11.1. The molecule has 6 heteroatoms. The molecule has 0 aromatic carbocycles. The number of rotatable bonds is 8. The third-order valence-electron chi connectivity index (χ3n) is 2.25. The second-order valence-corrected chi connectivity index (χ2v) is 5.79. The van der Waals surface area contributed by atoms with Crippen LogP contribution in [-0.4, -0.2) is 57.0 Å². The van der Waals surface area contributed by atoms with Crippen molar-refractivity contribution in [1.82, 2.24) is 9.62 Å². The number of aliphatic hydroxyl groups is 1. The Morgan fingerprint density at radius 3 is 2.47 bits per heavy atom. The molecule has 0 atom stereocenters. The molecule has 0 aliphatic heterocycles. The van der Waals surface area contributed by atoms with Crippen molar-refractivity contribution >= 4 is 10.0 Å². The van der Waals surface area contributed by atoms with Crippen molar-refractivity contribution in [3.8, 4) is 0 Å². The first kappa shape index (κ1) is 14.8. The summed E-state index contributed by atoms with van der Waals surface area (Å²) in [6.07, 6.45) is 0.777. The molecule has 0 radical (unpaired) electrons. The maximum absolute atomic E-state index is 11.1. The van der Waals surface area contributed by atoms with Crippen LogP contribution in [0.15, 0.2) is 0 Å². The summed E-state index contributed by atoms with van der Waals surface area (Å²) >= 11 is 0. The normalized spacial score (nSPS) is 12.7. The van der Waals surface area contributed by atoms with E-state index in [0.717, 1.165) is 13.0 Å². The van der Waals surface area contributed by atoms with E-state index in [0.29, 0.717) is 12.6 Å². The number of aliphatic hydroxyl groups excluding tert-OH is 1. The van der Waals surface area contributed by atoms with Gasteiger partial charge in [0.1, 0.15) is 0 Å². The zero-order valence-electron chi connectivity index (χ0n) is 9.73. The van der Waals surface area contributed by atoms with Gasteiger partial charge in [-0.3, -0.25) is 0 Å². The molecule has 0 aliphatic rings. The monoisotopic (exact) mass is 238 g/mol. The van der Waals surface area contributed by atoms with Crippen molar-refractivity contribution in [3.63, 3.8) is 0 Å². The second kappa shape index (κ2) is 7.16. The fourth-order valence-corrected chi connectivity index (χ4v) is 1.85. The Balaban J connectivity index is 3.63. The van der Waals surface area contributed by atoms with Gasteiger partial charge >= 0.3 is 0 Å². The van der Waals surface area contributed by atoms with Gasteiger partial charge in [-0.05, 0) is 33.9 Å². The Bertz CT molecular complexity index is 252. The predicted molar refractivity (Wildman–Crippen MR) is 61.3 cm³/mol. The summed E-state index contributed by atoms with van der Waals surface area (Å²) in [5.74, 6) is -0.215. The van der Waals surface area contributed by atoms with Gasteiger partial charge in [0.05, 0.1) is 12.4 Å². The first-order chi connectivity index (χ1) is 6.89. The molecule has 2 N–H and O–H groups in total. The summed E-state index contributed by atoms with van der Waals surface area (Å²) < 4.78 is 24.7. The Hall–Kier alpha value is -0.170. The highest BCUT2D eigenvalue weighted by Gasteiger charge is 2.08. The summed E-state index contributed by atoms with van der Waals surface area (Å²) in [5, 5.41) is 8.49. The molecule has 0 amide bonds. The molecule has 0 aromatic rings. The van der Waals surface area contributed by atoms with Crippen LogP contribution in [0.1, 0.15) is 20.3 Å². The van der Waals surface area contributed by atoms with E-state index in [1.54, 1.807) is 0 Å². The number of sulfonamides is 1. The molecule has 0 aromatic heterocycles. The minimum atomic E-state index is -3.27. The number of nitrogens with one attached hydrogen (secondary N) is 1. The van der Waals surface area contributed by atoms with E-state index in [9.17, 15) is 8.42 Å². The molecular weight excluding hydrogens is 216 g/mol. The molecule has 0 fully saturated rings. The molecular formula is C9H22N2O3S. The van der Waals surface area contributed by atoms with Crippen LogP contribution in [0.4, 0.5) is 0 Å². The van der Waals surface area contributed by atoms with Gasteiger partial charge < -0.3 is 10.0 Å². The lowest BCUT2D eigenvalue weighted by molar-refractivity contribution is 0.271. The topological polar surface area (TPSA) is 69.6 Å². The minimum absolute atomic E-state index is 0.215. The summed E-state index contributed by atoms with van der Waals surface area (Å²) in [4.78, 5) is 2.15. The van der Waals surface area contributed by atoms with Crippen molar-refractivity contribution in [1.29, 1.82) is 0 Å². The average Bonchev–Trinajstić information content (AvgIpc) is 2.11. The van der Waals surface area contributed by atoms with E-state index in [1.807, 2.05) is 7.05 Å². The molecule has 92 valence electrons. The van der Waals surface area contributed by atoms with Crippen molar-refractivity contribution in [3.05, 3.63) is 0 Å². The van der Waals surface area contributed by atoms with Gasteiger partial charge in [0.25, 0.3) is 0 Å². The Morgan fingerprint density at radius 2 is 2.00 bits per heavy atom. The Morgan fingerprint density at radius 1 is 1.40 bits per heavy atom. The highest BCUT2D eigenvalue weighted by Crippen LogP contribution is 1.94. The first-order valence-electron chi connectivity index (χ1n) is 5.17. The molecule has 0 saturated carbocycles. The molecule has 0 rings (SSSR count). The van der Waals surface area contributed by atoms with Gasteiger partial charge in [-0.2, -0.15) is 0 Å². The van der Waals surface area contributed by atoms with Gasteiger partial charge in [0.2, 0.25) is 10.0 Å². The molecule has 0 spiro atoms. The van der Waals surface area contributed by atoms with E-state index >= 15 is 0 Å². The second-order valence-electron chi connectivity index (χ2n) is 3.86. The lowest BCUT2D eigenvalue weighted by Crippen LogP contribution is -2.32. The zero-order valence-corrected chi connectivity index (χ0v) is 10.5. The van der Waals surface area contributed by atoms with Crippen LogP contribution in [0.5, 0.6) is 0 Å². The van der Waals surface area contributed by atoms with E-state index < -0.39 is 10.0 Å². The standard InChI is InChI=1S/C9H22N2O3S/c1-9(2)11(3)6-4-5-10-15(13,14)8-7-12/h9-10,12H,4-8H2,1-3H3. The van der Waals surface area contributed by atoms with E-state index in [4.69, 9.17) is 5.11 Å². The molecule has 0 unspecified atom stereocenters. The zero-order chi connectivity index (χ0) is 11.9. The van der Waals surface area contributed by atoms with Gasteiger partial charge in [0.15, 0.2) is 0 Å². The van der Waals surface area contributed by atoms with Crippen LogP contribution in [0.25, 0.3) is 0 Å². The maximum Gasteiger partial charge on any atom is 0.213 e. The van der Waals surface area contributed by atoms with Crippen molar-refractivity contribution < 1.29 is 13.5 Å². The van der Waals surface area contributed by atoms with Gasteiger partial charge in [-0.1, -0.05) is 0 Å². The fraction of sp³-hybridized carbons (Fsp3) is 1.00. The third-order valence-corrected chi connectivity index (χ3v) is 3.62. The third kappa shape index (κ3) is 7.72. The summed E-state index contributed by atoms with van der Waals surface area (Å²) in [7, 11) is -1.26.